The second-order valence-electron chi connectivity index (χ2n) is 6.28. The van der Waals surface area contributed by atoms with Gasteiger partial charge in [0.1, 0.15) is 11.3 Å². The van der Waals surface area contributed by atoms with Crippen LogP contribution in [0.3, 0.4) is 0 Å². The molecule has 0 saturated carbocycles. The van der Waals surface area contributed by atoms with Gasteiger partial charge < -0.3 is 15.6 Å². The number of pyridine rings is 1. The maximum Gasteiger partial charge on any atom is 0.269 e. The third-order valence-electron chi connectivity index (χ3n) is 4.12. The van der Waals surface area contributed by atoms with Gasteiger partial charge >= 0.3 is 0 Å². The van der Waals surface area contributed by atoms with Crippen LogP contribution in [0.5, 0.6) is 0 Å². The molecule has 8 heteroatoms. The van der Waals surface area contributed by atoms with Crippen molar-refractivity contribution in [1.82, 2.24) is 25.8 Å². The lowest BCUT2D eigenvalue weighted by Gasteiger charge is -2.06. The zero-order valence-corrected chi connectivity index (χ0v) is 15.4. The van der Waals surface area contributed by atoms with Gasteiger partial charge in [-0.2, -0.15) is 5.10 Å². The summed E-state index contributed by atoms with van der Waals surface area (Å²) in [6.07, 6.45) is 0.529. The molecular weight excluding hydrogens is 358 g/mol. The van der Waals surface area contributed by atoms with Gasteiger partial charge in [0.25, 0.3) is 17.4 Å². The molecule has 2 amide bonds. The van der Waals surface area contributed by atoms with Crippen molar-refractivity contribution in [3.8, 4) is 11.3 Å². The van der Waals surface area contributed by atoms with Crippen LogP contribution in [0.25, 0.3) is 11.3 Å². The number of aryl methyl sites for hydroxylation is 1. The standard InChI is InChI=1S/C20H21N5O3/c1-13-8-9-15(19(27)23-13)18(26)21-10-5-11-22-20(28)17-12-16(24-25-17)14-6-3-2-4-7-14/h2-4,6-9,12H,5,10-11H2,1H3,(H,21,26)(H,22,28)(H,23,27)(H,24,25). The summed E-state index contributed by atoms with van der Waals surface area (Å²) in [5, 5.41) is 12.3. The van der Waals surface area contributed by atoms with Crippen LogP contribution in [0.4, 0.5) is 0 Å². The van der Waals surface area contributed by atoms with E-state index < -0.39 is 11.5 Å². The lowest BCUT2D eigenvalue weighted by atomic mass is 10.1. The molecule has 4 N–H and O–H groups in total. The van der Waals surface area contributed by atoms with E-state index in [9.17, 15) is 14.4 Å². The number of carbonyl (C=O) groups is 2. The lowest BCUT2D eigenvalue weighted by molar-refractivity contribution is 0.0947. The Kier molecular flexibility index (Phi) is 6.01. The Morgan fingerprint density at radius 1 is 1.00 bits per heavy atom. The number of nitrogens with one attached hydrogen (secondary N) is 4. The van der Waals surface area contributed by atoms with Crippen molar-refractivity contribution >= 4 is 11.8 Å². The quantitative estimate of drug-likeness (QED) is 0.466. The number of rotatable bonds is 7. The Balaban J connectivity index is 1.43. The van der Waals surface area contributed by atoms with Crippen molar-refractivity contribution in [3.63, 3.8) is 0 Å². The van der Waals surface area contributed by atoms with Crippen molar-refractivity contribution in [2.75, 3.05) is 13.1 Å². The SMILES string of the molecule is Cc1ccc(C(=O)NCCCNC(=O)c2cc(-c3ccccc3)n[nH]2)c(=O)[nH]1. The number of nitrogens with zero attached hydrogens (tertiary/aromatic N) is 1. The number of hydrogen-bond acceptors (Lipinski definition) is 4. The minimum absolute atomic E-state index is 0.0699. The van der Waals surface area contributed by atoms with Gasteiger partial charge in [-0.15, -0.1) is 0 Å². The van der Waals surface area contributed by atoms with Gasteiger partial charge in [-0.25, -0.2) is 0 Å². The van der Waals surface area contributed by atoms with Gasteiger partial charge in [-0.3, -0.25) is 19.5 Å². The molecule has 0 spiro atoms. The molecule has 0 aliphatic carbocycles. The van der Waals surface area contributed by atoms with E-state index in [1.807, 2.05) is 30.3 Å². The maximum absolute atomic E-state index is 12.2. The number of aromatic amines is 2. The first-order valence-electron chi connectivity index (χ1n) is 8.92. The summed E-state index contributed by atoms with van der Waals surface area (Å²) in [5.74, 6) is -0.704. The fourth-order valence-corrected chi connectivity index (χ4v) is 2.63. The molecule has 2 heterocycles. The number of aromatic nitrogens is 3. The zero-order valence-electron chi connectivity index (χ0n) is 15.4. The molecule has 1 aromatic carbocycles. The summed E-state index contributed by atoms with van der Waals surface area (Å²) in [4.78, 5) is 38.5. The van der Waals surface area contributed by atoms with Crippen LogP contribution in [0, 0.1) is 6.92 Å². The highest BCUT2D eigenvalue weighted by Gasteiger charge is 2.11. The Labute approximate surface area is 161 Å². The first kappa shape index (κ1) is 19.1. The third-order valence-corrected chi connectivity index (χ3v) is 4.12. The van der Waals surface area contributed by atoms with Gasteiger partial charge in [0, 0.05) is 24.3 Å². The predicted octanol–water partition coefficient (Wildman–Crippen LogP) is 1.62. The van der Waals surface area contributed by atoms with Crippen LogP contribution >= 0.6 is 0 Å². The molecule has 0 bridgehead atoms. The molecule has 144 valence electrons. The van der Waals surface area contributed by atoms with Gasteiger partial charge in [-0.1, -0.05) is 30.3 Å². The molecule has 0 atom stereocenters. The van der Waals surface area contributed by atoms with Crippen LogP contribution in [-0.2, 0) is 0 Å². The topological polar surface area (TPSA) is 120 Å². The molecule has 28 heavy (non-hydrogen) atoms. The van der Waals surface area contributed by atoms with Gasteiger partial charge in [0.2, 0.25) is 0 Å². The van der Waals surface area contributed by atoms with Crippen LogP contribution in [0.15, 0.2) is 53.3 Å². The second-order valence-corrected chi connectivity index (χ2v) is 6.28. The summed E-state index contributed by atoms with van der Waals surface area (Å²) in [7, 11) is 0. The third kappa shape index (κ3) is 4.73. The molecule has 0 unspecified atom stereocenters. The monoisotopic (exact) mass is 379 g/mol. The Bertz CT molecular complexity index is 1020. The van der Waals surface area contributed by atoms with E-state index in [-0.39, 0.29) is 11.5 Å². The van der Waals surface area contributed by atoms with E-state index >= 15 is 0 Å². The molecule has 0 radical (unpaired) electrons. The highest BCUT2D eigenvalue weighted by atomic mass is 16.2. The number of benzene rings is 1. The smallest absolute Gasteiger partial charge is 0.269 e. The Hall–Kier alpha value is -3.68. The normalized spacial score (nSPS) is 10.5. The highest BCUT2D eigenvalue weighted by molar-refractivity contribution is 5.94. The van der Waals surface area contributed by atoms with E-state index in [1.165, 1.54) is 6.07 Å². The van der Waals surface area contributed by atoms with Crippen molar-refractivity contribution in [1.29, 1.82) is 0 Å². The molecule has 3 aromatic rings. The Morgan fingerprint density at radius 3 is 2.43 bits per heavy atom. The predicted molar refractivity (Wildman–Crippen MR) is 105 cm³/mol. The van der Waals surface area contributed by atoms with E-state index in [0.29, 0.717) is 36.6 Å². The number of H-pyrrole nitrogens is 2. The average Bonchev–Trinajstić information content (AvgIpc) is 3.18. The van der Waals surface area contributed by atoms with Crippen molar-refractivity contribution < 1.29 is 9.59 Å². The molecule has 8 nitrogen and oxygen atoms in total. The Morgan fingerprint density at radius 2 is 1.71 bits per heavy atom. The van der Waals surface area contributed by atoms with Gasteiger partial charge in [0.05, 0.1) is 5.69 Å². The molecule has 0 saturated heterocycles. The van der Waals surface area contributed by atoms with E-state index in [2.05, 4.69) is 25.8 Å². The van der Waals surface area contributed by atoms with Gasteiger partial charge in [-0.05, 0) is 31.5 Å². The number of hydrogen-bond donors (Lipinski definition) is 4. The average molecular weight is 379 g/mol. The lowest BCUT2D eigenvalue weighted by Crippen LogP contribution is -2.32. The molecular formula is C20H21N5O3. The highest BCUT2D eigenvalue weighted by Crippen LogP contribution is 2.16. The minimum Gasteiger partial charge on any atom is -0.352 e. The van der Waals surface area contributed by atoms with E-state index in [4.69, 9.17) is 0 Å². The summed E-state index contributed by atoms with van der Waals surface area (Å²) in [5.41, 5.74) is 2.33. The number of amides is 2. The molecule has 3 rings (SSSR count). The van der Waals surface area contributed by atoms with E-state index in [0.717, 1.165) is 5.56 Å². The fourth-order valence-electron chi connectivity index (χ4n) is 2.63. The van der Waals surface area contributed by atoms with Crippen molar-refractivity contribution in [2.24, 2.45) is 0 Å². The van der Waals surface area contributed by atoms with Crippen LogP contribution in [-0.4, -0.2) is 40.1 Å². The summed E-state index contributed by atoms with van der Waals surface area (Å²) < 4.78 is 0. The van der Waals surface area contributed by atoms with Crippen LogP contribution in [0.1, 0.15) is 33.0 Å². The second kappa shape index (κ2) is 8.81. The molecule has 0 fully saturated rings. The summed E-state index contributed by atoms with van der Waals surface area (Å²) in [6.45, 7) is 2.46. The molecule has 0 aliphatic heterocycles. The summed E-state index contributed by atoms with van der Waals surface area (Å²) >= 11 is 0. The fraction of sp³-hybridized carbons (Fsp3) is 0.200. The van der Waals surface area contributed by atoms with Crippen LogP contribution in [0.2, 0.25) is 0 Å². The van der Waals surface area contributed by atoms with E-state index in [1.54, 1.807) is 19.1 Å². The largest absolute Gasteiger partial charge is 0.352 e. The minimum atomic E-state index is -0.436. The number of carbonyl (C=O) groups excluding carboxylic acids is 2. The molecule has 2 aromatic heterocycles. The summed E-state index contributed by atoms with van der Waals surface area (Å²) in [6, 6.07) is 14.4. The van der Waals surface area contributed by atoms with Crippen molar-refractivity contribution in [3.05, 3.63) is 75.8 Å². The van der Waals surface area contributed by atoms with Crippen LogP contribution < -0.4 is 16.2 Å². The van der Waals surface area contributed by atoms with Gasteiger partial charge in [0.15, 0.2) is 0 Å². The maximum atomic E-state index is 12.2. The van der Waals surface area contributed by atoms with Crippen molar-refractivity contribution in [2.45, 2.75) is 13.3 Å². The first-order valence-corrected chi connectivity index (χ1v) is 8.92. The first-order chi connectivity index (χ1) is 13.5. The zero-order chi connectivity index (χ0) is 19.9. The molecule has 0 aliphatic rings.